The number of para-hydroxylation sites is 1. The van der Waals surface area contributed by atoms with Crippen LogP contribution in [0.25, 0.3) is 32.8 Å². The maximum atomic E-state index is 13.6. The van der Waals surface area contributed by atoms with Gasteiger partial charge in [0.2, 0.25) is 0 Å². The lowest BCUT2D eigenvalue weighted by molar-refractivity contribution is 0.688. The second-order valence-electron chi connectivity index (χ2n) is 7.88. The SMILES string of the molecule is Cl.O=c1c2c(-c3cncnc3)cccc2c(Cl)cn1[C@@H]1C[C@H]1c1ccc2ccccc2n1. The highest BCUT2D eigenvalue weighted by Crippen LogP contribution is 2.50. The molecule has 0 N–H and O–H groups in total. The highest BCUT2D eigenvalue weighted by Gasteiger charge is 2.42. The van der Waals surface area contributed by atoms with Gasteiger partial charge in [-0.15, -0.1) is 12.4 Å². The van der Waals surface area contributed by atoms with Crippen LogP contribution in [-0.2, 0) is 0 Å². The summed E-state index contributed by atoms with van der Waals surface area (Å²) in [5.41, 5.74) is 3.52. The number of aromatic nitrogens is 4. The Morgan fingerprint density at radius 3 is 2.62 bits per heavy atom. The predicted octanol–water partition coefficient (Wildman–Crippen LogP) is 5.81. The van der Waals surface area contributed by atoms with Crippen LogP contribution < -0.4 is 5.56 Å². The second kappa shape index (κ2) is 8.01. The quantitative estimate of drug-likeness (QED) is 0.340. The maximum absolute atomic E-state index is 13.6. The Labute approximate surface area is 195 Å². The molecule has 1 fully saturated rings. The van der Waals surface area contributed by atoms with E-state index in [-0.39, 0.29) is 29.9 Å². The molecule has 1 aliphatic carbocycles. The summed E-state index contributed by atoms with van der Waals surface area (Å²) >= 11 is 6.63. The van der Waals surface area contributed by atoms with Gasteiger partial charge in [-0.2, -0.15) is 0 Å². The van der Waals surface area contributed by atoms with Crippen LogP contribution in [0.2, 0.25) is 5.02 Å². The molecule has 3 aromatic heterocycles. The number of hydrogen-bond donors (Lipinski definition) is 0. The molecule has 3 heterocycles. The molecule has 32 heavy (non-hydrogen) atoms. The Morgan fingerprint density at radius 1 is 0.969 bits per heavy atom. The monoisotopic (exact) mass is 460 g/mol. The van der Waals surface area contributed by atoms with Crippen molar-refractivity contribution in [2.45, 2.75) is 18.4 Å². The van der Waals surface area contributed by atoms with E-state index in [4.69, 9.17) is 16.6 Å². The molecule has 5 aromatic rings. The lowest BCUT2D eigenvalue weighted by Crippen LogP contribution is -2.20. The fourth-order valence-corrected chi connectivity index (χ4v) is 4.64. The molecule has 7 heteroatoms. The summed E-state index contributed by atoms with van der Waals surface area (Å²) in [5.74, 6) is 0.197. The summed E-state index contributed by atoms with van der Waals surface area (Å²) in [6, 6.07) is 18.0. The van der Waals surface area contributed by atoms with Gasteiger partial charge in [-0.25, -0.2) is 9.97 Å². The Hall–Kier alpha value is -3.28. The second-order valence-corrected chi connectivity index (χ2v) is 8.29. The minimum Gasteiger partial charge on any atom is -0.310 e. The molecule has 6 rings (SSSR count). The van der Waals surface area contributed by atoms with Crippen molar-refractivity contribution >= 4 is 45.7 Å². The number of benzene rings is 2. The molecule has 0 aliphatic heterocycles. The first-order valence-electron chi connectivity index (χ1n) is 10.1. The van der Waals surface area contributed by atoms with Crippen LogP contribution in [-0.4, -0.2) is 19.5 Å². The Morgan fingerprint density at radius 2 is 1.78 bits per heavy atom. The van der Waals surface area contributed by atoms with Gasteiger partial charge in [-0.05, 0) is 24.1 Å². The summed E-state index contributed by atoms with van der Waals surface area (Å²) < 4.78 is 1.78. The van der Waals surface area contributed by atoms with Gasteiger partial charge in [-0.1, -0.05) is 54.1 Å². The van der Waals surface area contributed by atoms with Crippen LogP contribution >= 0.6 is 24.0 Å². The van der Waals surface area contributed by atoms with Crippen LogP contribution in [0.15, 0.2) is 84.3 Å². The largest absolute Gasteiger partial charge is 0.310 e. The van der Waals surface area contributed by atoms with Crippen LogP contribution in [0.3, 0.4) is 0 Å². The van der Waals surface area contributed by atoms with Crippen LogP contribution in [0, 0.1) is 0 Å². The predicted molar refractivity (Wildman–Crippen MR) is 130 cm³/mol. The number of halogens is 2. The van der Waals surface area contributed by atoms with Gasteiger partial charge >= 0.3 is 0 Å². The van der Waals surface area contributed by atoms with Gasteiger partial charge < -0.3 is 4.57 Å². The molecule has 0 bridgehead atoms. The fraction of sp³-hybridized carbons (Fsp3) is 0.120. The minimum absolute atomic E-state index is 0. The van der Waals surface area contributed by atoms with Crippen molar-refractivity contribution in [1.29, 1.82) is 0 Å². The van der Waals surface area contributed by atoms with Crippen molar-refractivity contribution in [3.8, 4) is 11.1 Å². The van der Waals surface area contributed by atoms with Crippen molar-refractivity contribution in [2.75, 3.05) is 0 Å². The summed E-state index contributed by atoms with van der Waals surface area (Å²) in [4.78, 5) is 26.6. The van der Waals surface area contributed by atoms with Crippen LogP contribution in [0.4, 0.5) is 0 Å². The van der Waals surface area contributed by atoms with Crippen molar-refractivity contribution in [3.63, 3.8) is 0 Å². The number of hydrogen-bond acceptors (Lipinski definition) is 4. The molecule has 2 aromatic carbocycles. The number of rotatable bonds is 3. The van der Waals surface area contributed by atoms with Gasteiger partial charge in [-0.3, -0.25) is 9.78 Å². The van der Waals surface area contributed by atoms with Crippen molar-refractivity contribution in [3.05, 3.63) is 101 Å². The maximum Gasteiger partial charge on any atom is 0.259 e. The van der Waals surface area contributed by atoms with Gasteiger partial charge in [0, 0.05) is 52.6 Å². The number of pyridine rings is 2. The molecule has 2 atom stereocenters. The average molecular weight is 461 g/mol. The third kappa shape index (κ3) is 3.34. The van der Waals surface area contributed by atoms with Crippen molar-refractivity contribution in [1.82, 2.24) is 19.5 Å². The van der Waals surface area contributed by atoms with Crippen LogP contribution in [0.5, 0.6) is 0 Å². The van der Waals surface area contributed by atoms with E-state index < -0.39 is 0 Å². The lowest BCUT2D eigenvalue weighted by Gasteiger charge is -2.12. The molecule has 0 radical (unpaired) electrons. The first kappa shape index (κ1) is 20.6. The summed E-state index contributed by atoms with van der Waals surface area (Å²) in [6.45, 7) is 0. The molecule has 158 valence electrons. The van der Waals surface area contributed by atoms with Gasteiger partial charge in [0.15, 0.2) is 0 Å². The van der Waals surface area contributed by atoms with E-state index in [0.29, 0.717) is 10.4 Å². The fourth-order valence-electron chi connectivity index (χ4n) is 4.38. The number of fused-ring (bicyclic) bond motifs is 2. The third-order valence-electron chi connectivity index (χ3n) is 6.01. The van der Waals surface area contributed by atoms with E-state index in [1.165, 1.54) is 6.33 Å². The molecule has 1 saturated carbocycles. The van der Waals surface area contributed by atoms with E-state index in [2.05, 4.69) is 28.2 Å². The molecule has 0 amide bonds. The summed E-state index contributed by atoms with van der Waals surface area (Å²) in [6.07, 6.45) is 7.54. The molecular formula is C25H18Cl2N4O. The molecule has 0 unspecified atom stereocenters. The molecule has 0 spiro atoms. The lowest BCUT2D eigenvalue weighted by atomic mass is 10.0. The average Bonchev–Trinajstić information content (AvgIpc) is 3.62. The highest BCUT2D eigenvalue weighted by atomic mass is 35.5. The van der Waals surface area contributed by atoms with Crippen molar-refractivity contribution < 1.29 is 0 Å². The molecular weight excluding hydrogens is 443 g/mol. The van der Waals surface area contributed by atoms with Gasteiger partial charge in [0.05, 0.1) is 15.9 Å². The third-order valence-corrected chi connectivity index (χ3v) is 6.31. The van der Waals surface area contributed by atoms with Gasteiger partial charge in [0.25, 0.3) is 5.56 Å². The van der Waals surface area contributed by atoms with E-state index in [1.54, 1.807) is 23.2 Å². The first-order chi connectivity index (χ1) is 15.2. The standard InChI is InChI=1S/C25H17ClN4O.ClH/c26-20-13-30(23-10-19(23)22-9-8-15-4-1-2-7-21(15)29-22)25(31)24-17(5-3-6-18(20)24)16-11-27-14-28-12-16;/h1-9,11-14,19,23H,10H2;1H/t19-,23+;/m0./s1. The topological polar surface area (TPSA) is 60.7 Å². The van der Waals surface area contributed by atoms with E-state index >= 15 is 0 Å². The zero-order chi connectivity index (χ0) is 20.9. The summed E-state index contributed by atoms with van der Waals surface area (Å²) in [7, 11) is 0. The molecule has 1 aliphatic rings. The smallest absolute Gasteiger partial charge is 0.259 e. The van der Waals surface area contributed by atoms with Crippen LogP contribution in [0.1, 0.15) is 24.1 Å². The Bertz CT molecular complexity index is 1520. The summed E-state index contributed by atoms with van der Waals surface area (Å²) in [5, 5.41) is 3.02. The zero-order valence-corrected chi connectivity index (χ0v) is 18.4. The van der Waals surface area contributed by atoms with E-state index in [0.717, 1.165) is 39.5 Å². The number of nitrogens with zero attached hydrogens (tertiary/aromatic N) is 4. The molecule has 0 saturated heterocycles. The van der Waals surface area contributed by atoms with Gasteiger partial charge in [0.1, 0.15) is 6.33 Å². The Kier molecular flexibility index (Phi) is 5.16. The highest BCUT2D eigenvalue weighted by molar-refractivity contribution is 6.35. The van der Waals surface area contributed by atoms with E-state index in [1.807, 2.05) is 36.4 Å². The first-order valence-corrected chi connectivity index (χ1v) is 10.5. The van der Waals surface area contributed by atoms with Crippen molar-refractivity contribution in [2.24, 2.45) is 0 Å². The van der Waals surface area contributed by atoms with E-state index in [9.17, 15) is 4.79 Å². The Balaban J connectivity index is 0.00000216. The minimum atomic E-state index is -0.0489. The zero-order valence-electron chi connectivity index (χ0n) is 16.9. The normalized spacial score (nSPS) is 17.3. The molecule has 5 nitrogen and oxygen atoms in total.